The third-order valence-corrected chi connectivity index (χ3v) is 3.38. The highest BCUT2D eigenvalue weighted by Gasteiger charge is 2.13. The number of hydrogen-bond donors (Lipinski definition) is 1. The van der Waals surface area contributed by atoms with E-state index >= 15 is 0 Å². The van der Waals surface area contributed by atoms with Crippen molar-refractivity contribution in [3.8, 4) is 5.88 Å². The molecule has 2 rings (SSSR count). The number of aromatic nitrogens is 2. The molecular weight excluding hydrogens is 262 g/mol. The summed E-state index contributed by atoms with van der Waals surface area (Å²) in [5.74, 6) is 1.51. The molecule has 0 fully saturated rings. The van der Waals surface area contributed by atoms with Gasteiger partial charge in [0, 0.05) is 11.3 Å². The quantitative estimate of drug-likeness (QED) is 0.882. The number of rotatable bonds is 6. The standard InChI is InChI=1S/C17H23N3O/c1-12(2)9-10-15-13(3)19-17(18)20-16(15)21-11-14-7-5-4-6-8-14/h4-8,12H,9-11H2,1-3H3,(H2,18,19,20). The number of anilines is 1. The molecule has 2 aromatic rings. The second-order valence-electron chi connectivity index (χ2n) is 5.66. The number of aryl methyl sites for hydroxylation is 1. The van der Waals surface area contributed by atoms with E-state index < -0.39 is 0 Å². The van der Waals surface area contributed by atoms with Crippen molar-refractivity contribution >= 4 is 5.95 Å². The van der Waals surface area contributed by atoms with Gasteiger partial charge >= 0.3 is 0 Å². The minimum absolute atomic E-state index is 0.267. The summed E-state index contributed by atoms with van der Waals surface area (Å²) in [5.41, 5.74) is 8.84. The molecule has 0 radical (unpaired) electrons. The third kappa shape index (κ3) is 4.45. The largest absolute Gasteiger partial charge is 0.472 e. The normalized spacial score (nSPS) is 10.9. The van der Waals surface area contributed by atoms with Gasteiger partial charge in [-0.25, -0.2) is 4.98 Å². The van der Waals surface area contributed by atoms with Crippen molar-refractivity contribution in [2.45, 2.75) is 40.2 Å². The van der Waals surface area contributed by atoms with Crippen LogP contribution in [-0.4, -0.2) is 9.97 Å². The fourth-order valence-electron chi connectivity index (χ4n) is 2.16. The van der Waals surface area contributed by atoms with Gasteiger partial charge in [-0.15, -0.1) is 0 Å². The average Bonchev–Trinajstić information content (AvgIpc) is 2.44. The molecule has 21 heavy (non-hydrogen) atoms. The first kappa shape index (κ1) is 15.3. The van der Waals surface area contributed by atoms with Crippen molar-refractivity contribution in [2.75, 3.05) is 5.73 Å². The van der Waals surface area contributed by atoms with E-state index in [2.05, 4.69) is 23.8 Å². The van der Waals surface area contributed by atoms with Crippen LogP contribution in [0.2, 0.25) is 0 Å². The topological polar surface area (TPSA) is 61.0 Å². The summed E-state index contributed by atoms with van der Waals surface area (Å²) in [5, 5.41) is 0. The average molecular weight is 285 g/mol. The number of ether oxygens (including phenoxy) is 1. The molecular formula is C17H23N3O. The Balaban J connectivity index is 2.16. The molecule has 0 unspecified atom stereocenters. The number of nitrogen functional groups attached to an aromatic ring is 1. The molecule has 0 saturated heterocycles. The summed E-state index contributed by atoms with van der Waals surface area (Å²) in [6.45, 7) is 6.87. The van der Waals surface area contributed by atoms with E-state index in [0.29, 0.717) is 18.4 Å². The van der Waals surface area contributed by atoms with E-state index in [0.717, 1.165) is 29.7 Å². The molecule has 112 valence electrons. The van der Waals surface area contributed by atoms with Crippen LogP contribution in [-0.2, 0) is 13.0 Å². The zero-order valence-corrected chi connectivity index (χ0v) is 13.0. The van der Waals surface area contributed by atoms with E-state index in [9.17, 15) is 0 Å². The van der Waals surface area contributed by atoms with Crippen molar-refractivity contribution in [3.05, 3.63) is 47.2 Å². The van der Waals surface area contributed by atoms with E-state index in [1.54, 1.807) is 0 Å². The van der Waals surface area contributed by atoms with Gasteiger partial charge in [-0.3, -0.25) is 0 Å². The molecule has 0 spiro atoms. The lowest BCUT2D eigenvalue weighted by Gasteiger charge is -2.14. The minimum atomic E-state index is 0.267. The first-order chi connectivity index (χ1) is 10.1. The minimum Gasteiger partial charge on any atom is -0.472 e. The van der Waals surface area contributed by atoms with Crippen LogP contribution >= 0.6 is 0 Å². The maximum absolute atomic E-state index is 5.89. The first-order valence-electron chi connectivity index (χ1n) is 7.36. The maximum Gasteiger partial charge on any atom is 0.223 e. The third-order valence-electron chi connectivity index (χ3n) is 3.38. The van der Waals surface area contributed by atoms with Crippen LogP contribution in [0.15, 0.2) is 30.3 Å². The lowest BCUT2D eigenvalue weighted by Crippen LogP contribution is -2.08. The highest BCUT2D eigenvalue weighted by Crippen LogP contribution is 2.23. The van der Waals surface area contributed by atoms with Crippen LogP contribution in [0.5, 0.6) is 5.88 Å². The Bertz CT molecular complexity index is 582. The number of benzene rings is 1. The van der Waals surface area contributed by atoms with Gasteiger partial charge < -0.3 is 10.5 Å². The van der Waals surface area contributed by atoms with Crippen molar-refractivity contribution in [1.82, 2.24) is 9.97 Å². The van der Waals surface area contributed by atoms with Gasteiger partial charge in [0.2, 0.25) is 11.8 Å². The van der Waals surface area contributed by atoms with Crippen molar-refractivity contribution in [1.29, 1.82) is 0 Å². The van der Waals surface area contributed by atoms with E-state index in [-0.39, 0.29) is 5.95 Å². The highest BCUT2D eigenvalue weighted by molar-refractivity contribution is 5.36. The van der Waals surface area contributed by atoms with E-state index in [4.69, 9.17) is 10.5 Å². The Kier molecular flexibility index (Phi) is 5.14. The summed E-state index contributed by atoms with van der Waals surface area (Å²) >= 11 is 0. The van der Waals surface area contributed by atoms with Crippen LogP contribution in [0.4, 0.5) is 5.95 Å². The van der Waals surface area contributed by atoms with Gasteiger partial charge in [-0.2, -0.15) is 4.98 Å². The molecule has 1 aromatic heterocycles. The Morgan fingerprint density at radius 2 is 1.86 bits per heavy atom. The van der Waals surface area contributed by atoms with Gasteiger partial charge in [-0.05, 0) is 31.2 Å². The summed E-state index contributed by atoms with van der Waals surface area (Å²) in [7, 11) is 0. The summed E-state index contributed by atoms with van der Waals surface area (Å²) < 4.78 is 5.89. The monoisotopic (exact) mass is 285 g/mol. The highest BCUT2D eigenvalue weighted by atomic mass is 16.5. The van der Waals surface area contributed by atoms with Gasteiger partial charge in [0.15, 0.2) is 0 Å². The summed E-state index contributed by atoms with van der Waals surface area (Å²) in [4.78, 5) is 8.53. The fourth-order valence-corrected chi connectivity index (χ4v) is 2.16. The SMILES string of the molecule is Cc1nc(N)nc(OCc2ccccc2)c1CCC(C)C. The Hall–Kier alpha value is -2.10. The predicted molar refractivity (Wildman–Crippen MR) is 85.1 cm³/mol. The van der Waals surface area contributed by atoms with E-state index in [1.807, 2.05) is 37.3 Å². The lowest BCUT2D eigenvalue weighted by molar-refractivity contribution is 0.289. The number of hydrogen-bond acceptors (Lipinski definition) is 4. The van der Waals surface area contributed by atoms with Gasteiger partial charge in [-0.1, -0.05) is 44.2 Å². The predicted octanol–water partition coefficient (Wildman–Crippen LogP) is 3.53. The van der Waals surface area contributed by atoms with Crippen molar-refractivity contribution in [2.24, 2.45) is 5.92 Å². The molecule has 0 aliphatic rings. The lowest BCUT2D eigenvalue weighted by atomic mass is 10.0. The fraction of sp³-hybridized carbons (Fsp3) is 0.412. The molecule has 0 aliphatic carbocycles. The zero-order valence-electron chi connectivity index (χ0n) is 13.0. The zero-order chi connectivity index (χ0) is 15.2. The van der Waals surface area contributed by atoms with Crippen LogP contribution in [0.25, 0.3) is 0 Å². The van der Waals surface area contributed by atoms with Crippen LogP contribution < -0.4 is 10.5 Å². The van der Waals surface area contributed by atoms with E-state index in [1.165, 1.54) is 0 Å². The smallest absolute Gasteiger partial charge is 0.223 e. The molecule has 0 bridgehead atoms. The van der Waals surface area contributed by atoms with Gasteiger partial charge in [0.1, 0.15) is 6.61 Å². The maximum atomic E-state index is 5.89. The number of nitrogens with two attached hydrogens (primary N) is 1. The number of nitrogens with zero attached hydrogens (tertiary/aromatic N) is 2. The van der Waals surface area contributed by atoms with Crippen molar-refractivity contribution in [3.63, 3.8) is 0 Å². The molecule has 1 aromatic carbocycles. The van der Waals surface area contributed by atoms with Crippen molar-refractivity contribution < 1.29 is 4.74 Å². The summed E-state index contributed by atoms with van der Waals surface area (Å²) in [6.07, 6.45) is 1.99. The van der Waals surface area contributed by atoms with Gasteiger partial charge in [0.05, 0.1) is 0 Å². The Morgan fingerprint density at radius 3 is 2.52 bits per heavy atom. The Morgan fingerprint density at radius 1 is 1.14 bits per heavy atom. The van der Waals surface area contributed by atoms with Crippen LogP contribution in [0.3, 0.4) is 0 Å². The Labute approximate surface area is 126 Å². The first-order valence-corrected chi connectivity index (χ1v) is 7.36. The second kappa shape index (κ2) is 7.07. The molecule has 4 heteroatoms. The van der Waals surface area contributed by atoms with Crippen LogP contribution in [0, 0.1) is 12.8 Å². The van der Waals surface area contributed by atoms with Crippen LogP contribution in [0.1, 0.15) is 37.1 Å². The molecule has 0 atom stereocenters. The molecule has 1 heterocycles. The molecule has 0 saturated carbocycles. The molecule has 2 N–H and O–H groups in total. The summed E-state index contributed by atoms with van der Waals surface area (Å²) in [6, 6.07) is 10.1. The molecule has 4 nitrogen and oxygen atoms in total. The molecule has 0 amide bonds. The second-order valence-corrected chi connectivity index (χ2v) is 5.66. The van der Waals surface area contributed by atoms with Gasteiger partial charge in [0.25, 0.3) is 0 Å². The molecule has 0 aliphatic heterocycles.